The van der Waals surface area contributed by atoms with Gasteiger partial charge in [-0.05, 0) is 97.5 Å². The van der Waals surface area contributed by atoms with Crippen LogP contribution in [0.2, 0.25) is 0 Å². The number of carbonyl (C=O) groups is 2. The first kappa shape index (κ1) is 26.5. The van der Waals surface area contributed by atoms with Crippen molar-refractivity contribution in [2.75, 3.05) is 13.2 Å². The maximum absolute atomic E-state index is 13.4. The van der Waals surface area contributed by atoms with Gasteiger partial charge in [0.15, 0.2) is 5.79 Å². The van der Waals surface area contributed by atoms with E-state index in [9.17, 15) is 9.59 Å². The van der Waals surface area contributed by atoms with Crippen LogP contribution in [0.3, 0.4) is 0 Å². The minimum atomic E-state index is -0.430. The van der Waals surface area contributed by atoms with Gasteiger partial charge in [0.25, 0.3) is 0 Å². The number of fused-ring (bicyclic) bond motifs is 5. The second-order valence-corrected chi connectivity index (χ2v) is 13.8. The van der Waals surface area contributed by atoms with Crippen LogP contribution in [0.15, 0.2) is 30.3 Å². The Morgan fingerprint density at radius 2 is 1.76 bits per heavy atom. The highest BCUT2D eigenvalue weighted by Crippen LogP contribution is 2.69. The van der Waals surface area contributed by atoms with E-state index in [1.165, 1.54) is 25.7 Å². The Labute approximate surface area is 228 Å². The van der Waals surface area contributed by atoms with Crippen LogP contribution in [-0.4, -0.2) is 37.4 Å². The maximum Gasteiger partial charge on any atom is 0.338 e. The average molecular weight is 523 g/mol. The van der Waals surface area contributed by atoms with Crippen molar-refractivity contribution in [3.8, 4) is 0 Å². The van der Waals surface area contributed by atoms with Gasteiger partial charge in [-0.3, -0.25) is 0 Å². The molecule has 1 heterocycles. The van der Waals surface area contributed by atoms with E-state index in [2.05, 4.69) is 20.8 Å². The highest BCUT2D eigenvalue weighted by molar-refractivity contribution is 5.89. The molecule has 0 amide bonds. The summed E-state index contributed by atoms with van der Waals surface area (Å²) < 4.78 is 18.9. The molecule has 38 heavy (non-hydrogen) atoms. The minimum absolute atomic E-state index is 0.0732. The van der Waals surface area contributed by atoms with Gasteiger partial charge >= 0.3 is 5.97 Å². The standard InChI is InChI=1S/C33H46O5/c1-22(8-7-17-34)25-11-12-26-29-27(13-14-32(25,26)3)31(2)15-16-33(36-18-19-37-33)21-24(31)20-28(29)38-30(35)23-9-5-4-6-10-23/h4-6,9-10,17,22,24-29H,7-8,11-16,18-21H2,1-3H3/t22-,24+,25?,26?,27?,28-,29?,31+,32-/m1/s1. The minimum Gasteiger partial charge on any atom is -0.458 e. The Hall–Kier alpha value is -1.72. The van der Waals surface area contributed by atoms with Crippen LogP contribution >= 0.6 is 0 Å². The molecule has 0 radical (unpaired) electrons. The summed E-state index contributed by atoms with van der Waals surface area (Å²) in [6, 6.07) is 9.51. The molecule has 4 aliphatic carbocycles. The molecule has 5 nitrogen and oxygen atoms in total. The van der Waals surface area contributed by atoms with Gasteiger partial charge < -0.3 is 19.0 Å². The van der Waals surface area contributed by atoms with Crippen molar-refractivity contribution in [1.29, 1.82) is 0 Å². The molecule has 1 aromatic rings. The lowest BCUT2D eigenvalue weighted by molar-refractivity contribution is -0.242. The Kier molecular flexibility index (Phi) is 7.00. The Morgan fingerprint density at radius 1 is 1.03 bits per heavy atom. The smallest absolute Gasteiger partial charge is 0.338 e. The molecule has 6 rings (SSSR count). The van der Waals surface area contributed by atoms with Crippen LogP contribution in [0.5, 0.6) is 0 Å². The summed E-state index contributed by atoms with van der Waals surface area (Å²) in [5.74, 6) is 2.51. The summed E-state index contributed by atoms with van der Waals surface area (Å²) in [5.41, 5.74) is 1.12. The molecule has 0 N–H and O–H groups in total. The molecule has 5 aliphatic rings. The second kappa shape index (κ2) is 10.0. The van der Waals surface area contributed by atoms with Crippen molar-refractivity contribution in [3.05, 3.63) is 35.9 Å². The van der Waals surface area contributed by atoms with Gasteiger partial charge in [-0.2, -0.15) is 0 Å². The zero-order valence-electron chi connectivity index (χ0n) is 23.5. The first-order valence-corrected chi connectivity index (χ1v) is 15.3. The molecule has 5 fully saturated rings. The van der Waals surface area contributed by atoms with Gasteiger partial charge in [0, 0.05) is 25.2 Å². The molecule has 1 aromatic carbocycles. The quantitative estimate of drug-likeness (QED) is 0.302. The molecule has 1 saturated heterocycles. The van der Waals surface area contributed by atoms with Gasteiger partial charge in [-0.25, -0.2) is 4.79 Å². The van der Waals surface area contributed by atoms with E-state index in [0.29, 0.717) is 60.7 Å². The SMILES string of the molecule is C[C@H](CCC=O)C1CCC2C3C(CC[C@@]21C)[C@@]1(C)CCC2(C[C@@H]1C[C@H]3OC(=O)c1ccccc1)OCCO2. The fraction of sp³-hybridized carbons (Fsp3) is 0.758. The van der Waals surface area contributed by atoms with Crippen molar-refractivity contribution in [1.82, 2.24) is 0 Å². The zero-order valence-corrected chi connectivity index (χ0v) is 23.5. The lowest BCUT2D eigenvalue weighted by atomic mass is 9.43. The summed E-state index contributed by atoms with van der Waals surface area (Å²) in [7, 11) is 0. The molecule has 1 spiro atoms. The normalized spacial score (nSPS) is 42.1. The number of rotatable bonds is 6. The zero-order chi connectivity index (χ0) is 26.5. The Morgan fingerprint density at radius 3 is 2.50 bits per heavy atom. The van der Waals surface area contributed by atoms with E-state index < -0.39 is 5.79 Å². The molecule has 0 bridgehead atoms. The predicted molar refractivity (Wildman–Crippen MR) is 145 cm³/mol. The molecule has 1 aliphatic heterocycles. The molecular formula is C33H46O5. The highest BCUT2D eigenvalue weighted by Gasteiger charge is 2.65. The third-order valence-corrected chi connectivity index (χ3v) is 12.2. The van der Waals surface area contributed by atoms with Crippen molar-refractivity contribution in [3.63, 3.8) is 0 Å². The summed E-state index contributed by atoms with van der Waals surface area (Å²) in [4.78, 5) is 24.6. The fourth-order valence-electron chi connectivity index (χ4n) is 10.3. The summed E-state index contributed by atoms with van der Waals surface area (Å²) >= 11 is 0. The molecule has 4 unspecified atom stereocenters. The number of ether oxygens (including phenoxy) is 3. The first-order chi connectivity index (χ1) is 18.3. The molecule has 0 aromatic heterocycles. The third-order valence-electron chi connectivity index (χ3n) is 12.2. The van der Waals surface area contributed by atoms with Crippen LogP contribution in [0.1, 0.15) is 95.3 Å². The second-order valence-electron chi connectivity index (χ2n) is 13.8. The lowest BCUT2D eigenvalue weighted by Crippen LogP contribution is -2.60. The largest absolute Gasteiger partial charge is 0.458 e. The van der Waals surface area contributed by atoms with Crippen molar-refractivity contribution >= 4 is 12.3 Å². The van der Waals surface area contributed by atoms with Gasteiger partial charge in [0.2, 0.25) is 0 Å². The first-order valence-electron chi connectivity index (χ1n) is 15.3. The molecule has 4 saturated carbocycles. The number of aldehydes is 1. The number of carbonyl (C=O) groups excluding carboxylic acids is 2. The van der Waals surface area contributed by atoms with Crippen LogP contribution < -0.4 is 0 Å². The topological polar surface area (TPSA) is 61.8 Å². The summed E-state index contributed by atoms with van der Waals surface area (Å²) in [6.07, 6.45) is 11.5. The molecular weight excluding hydrogens is 476 g/mol. The lowest BCUT2D eigenvalue weighted by Gasteiger charge is -2.63. The average Bonchev–Trinajstić information content (AvgIpc) is 3.52. The predicted octanol–water partition coefficient (Wildman–Crippen LogP) is 6.84. The molecule has 9 atom stereocenters. The number of esters is 1. The summed E-state index contributed by atoms with van der Waals surface area (Å²) in [5, 5.41) is 0. The van der Waals surface area contributed by atoms with Crippen LogP contribution in [0.4, 0.5) is 0 Å². The molecule has 208 valence electrons. The van der Waals surface area contributed by atoms with E-state index >= 15 is 0 Å². The van der Waals surface area contributed by atoms with Crippen molar-refractivity contribution in [2.24, 2.45) is 46.3 Å². The van der Waals surface area contributed by atoms with E-state index in [0.717, 1.165) is 38.4 Å². The van der Waals surface area contributed by atoms with Gasteiger partial charge in [-0.15, -0.1) is 0 Å². The van der Waals surface area contributed by atoms with Gasteiger partial charge in [0.1, 0.15) is 12.4 Å². The van der Waals surface area contributed by atoms with Crippen molar-refractivity contribution < 1.29 is 23.8 Å². The monoisotopic (exact) mass is 522 g/mol. The van der Waals surface area contributed by atoms with E-state index in [4.69, 9.17) is 14.2 Å². The summed E-state index contributed by atoms with van der Waals surface area (Å²) in [6.45, 7) is 8.80. The van der Waals surface area contributed by atoms with E-state index in [1.807, 2.05) is 30.3 Å². The van der Waals surface area contributed by atoms with E-state index in [-0.39, 0.29) is 22.9 Å². The maximum atomic E-state index is 13.4. The third kappa shape index (κ3) is 4.27. The number of benzene rings is 1. The van der Waals surface area contributed by atoms with E-state index in [1.54, 1.807) is 0 Å². The van der Waals surface area contributed by atoms with Gasteiger partial charge in [0.05, 0.1) is 18.8 Å². The van der Waals surface area contributed by atoms with Gasteiger partial charge in [-0.1, -0.05) is 39.0 Å². The Balaban J connectivity index is 1.32. The van der Waals surface area contributed by atoms with Crippen LogP contribution in [-0.2, 0) is 19.0 Å². The van der Waals surface area contributed by atoms with Crippen LogP contribution in [0.25, 0.3) is 0 Å². The number of hydrogen-bond donors (Lipinski definition) is 0. The van der Waals surface area contributed by atoms with Crippen LogP contribution in [0, 0.1) is 46.3 Å². The number of hydrogen-bond acceptors (Lipinski definition) is 5. The van der Waals surface area contributed by atoms with Crippen molar-refractivity contribution in [2.45, 2.75) is 96.9 Å². The molecule has 5 heteroatoms. The highest BCUT2D eigenvalue weighted by atomic mass is 16.7. The Bertz CT molecular complexity index is 1020. The fourth-order valence-corrected chi connectivity index (χ4v) is 10.3.